The molecule has 0 aromatic carbocycles. The highest BCUT2D eigenvalue weighted by atomic mass is 32.2. The average molecular weight is 324 g/mol. The lowest BCUT2D eigenvalue weighted by Crippen LogP contribution is -2.48. The molecule has 8 heteroatoms. The second-order valence-electron chi connectivity index (χ2n) is 4.74. The summed E-state index contributed by atoms with van der Waals surface area (Å²) in [6.07, 6.45) is 1.69. The van der Waals surface area contributed by atoms with Gasteiger partial charge in [-0.15, -0.1) is 11.3 Å². The van der Waals surface area contributed by atoms with Crippen molar-refractivity contribution in [1.82, 2.24) is 9.29 Å². The quantitative estimate of drug-likeness (QED) is 0.919. The summed E-state index contributed by atoms with van der Waals surface area (Å²) >= 11 is 1.25. The second kappa shape index (κ2) is 5.63. The highest BCUT2D eigenvalue weighted by Gasteiger charge is 2.29. The van der Waals surface area contributed by atoms with Gasteiger partial charge in [0.2, 0.25) is 0 Å². The van der Waals surface area contributed by atoms with E-state index in [2.05, 4.69) is 4.98 Å². The molecule has 0 atom stereocenters. The normalized spacial score (nSPS) is 17.0. The standard InChI is InChI=1S/C13H16N4O2S2/c14-11-3-1-5-15-13(11)16-6-8-17(9-7-16)21(18,19)12-4-2-10-20-12/h1-5,10H,6-9,14H2. The lowest BCUT2D eigenvalue weighted by atomic mass is 10.3. The molecular formula is C13H16N4O2S2. The summed E-state index contributed by atoms with van der Waals surface area (Å²) in [6, 6.07) is 6.99. The van der Waals surface area contributed by atoms with Crippen LogP contribution in [0.25, 0.3) is 0 Å². The molecule has 112 valence electrons. The molecule has 0 radical (unpaired) electrons. The maximum atomic E-state index is 12.4. The molecule has 1 fully saturated rings. The Kier molecular flexibility index (Phi) is 3.83. The first kappa shape index (κ1) is 14.3. The molecule has 0 unspecified atom stereocenters. The third-order valence-electron chi connectivity index (χ3n) is 3.44. The lowest BCUT2D eigenvalue weighted by molar-refractivity contribution is 0.385. The van der Waals surface area contributed by atoms with Crippen molar-refractivity contribution >= 4 is 32.9 Å². The fourth-order valence-electron chi connectivity index (χ4n) is 2.35. The van der Waals surface area contributed by atoms with Gasteiger partial charge in [0.25, 0.3) is 10.0 Å². The van der Waals surface area contributed by atoms with E-state index in [1.165, 1.54) is 15.6 Å². The molecule has 21 heavy (non-hydrogen) atoms. The number of nitrogens with two attached hydrogens (primary N) is 1. The highest BCUT2D eigenvalue weighted by molar-refractivity contribution is 7.91. The zero-order valence-electron chi connectivity index (χ0n) is 11.3. The minimum atomic E-state index is -3.36. The molecule has 0 amide bonds. The van der Waals surface area contributed by atoms with Gasteiger partial charge in [0.1, 0.15) is 4.21 Å². The number of hydrogen-bond donors (Lipinski definition) is 1. The number of pyridine rings is 1. The van der Waals surface area contributed by atoms with E-state index in [9.17, 15) is 8.42 Å². The largest absolute Gasteiger partial charge is 0.396 e. The summed E-state index contributed by atoms with van der Waals surface area (Å²) in [5.41, 5.74) is 6.53. The van der Waals surface area contributed by atoms with Crippen LogP contribution in [-0.4, -0.2) is 43.9 Å². The molecule has 3 rings (SSSR count). The van der Waals surface area contributed by atoms with Crippen LogP contribution in [0.1, 0.15) is 0 Å². The number of aromatic nitrogens is 1. The molecule has 2 N–H and O–H groups in total. The lowest BCUT2D eigenvalue weighted by Gasteiger charge is -2.34. The molecule has 0 bridgehead atoms. The van der Waals surface area contributed by atoms with Crippen LogP contribution in [0.4, 0.5) is 11.5 Å². The Morgan fingerprint density at radius 3 is 2.52 bits per heavy atom. The fourth-order valence-corrected chi connectivity index (χ4v) is 4.92. The summed E-state index contributed by atoms with van der Waals surface area (Å²) in [7, 11) is -3.36. The molecule has 0 spiro atoms. The van der Waals surface area contributed by atoms with Crippen molar-refractivity contribution in [1.29, 1.82) is 0 Å². The predicted octanol–water partition coefficient (Wildman–Crippen LogP) is 1.24. The van der Waals surface area contributed by atoms with E-state index in [0.717, 1.165) is 5.82 Å². The Balaban J connectivity index is 1.73. The van der Waals surface area contributed by atoms with Gasteiger partial charge in [-0.05, 0) is 23.6 Å². The number of nitrogens with zero attached hydrogens (tertiary/aromatic N) is 3. The van der Waals surface area contributed by atoms with Crippen LogP contribution in [0.15, 0.2) is 40.1 Å². The van der Waals surface area contributed by atoms with Crippen LogP contribution in [-0.2, 0) is 10.0 Å². The molecule has 3 heterocycles. The molecule has 1 aliphatic rings. The monoisotopic (exact) mass is 324 g/mol. The van der Waals surface area contributed by atoms with Gasteiger partial charge in [-0.3, -0.25) is 0 Å². The molecule has 1 aliphatic heterocycles. The van der Waals surface area contributed by atoms with Gasteiger partial charge in [-0.2, -0.15) is 4.31 Å². The van der Waals surface area contributed by atoms with Crippen molar-refractivity contribution in [3.63, 3.8) is 0 Å². The van der Waals surface area contributed by atoms with Crippen LogP contribution in [0.2, 0.25) is 0 Å². The summed E-state index contributed by atoms with van der Waals surface area (Å²) in [5, 5.41) is 1.78. The first-order chi connectivity index (χ1) is 10.1. The number of sulfonamides is 1. The van der Waals surface area contributed by atoms with Gasteiger partial charge in [0.05, 0.1) is 5.69 Å². The van der Waals surface area contributed by atoms with Crippen molar-refractivity contribution in [2.24, 2.45) is 0 Å². The van der Waals surface area contributed by atoms with Crippen molar-refractivity contribution in [2.75, 3.05) is 36.8 Å². The minimum absolute atomic E-state index is 0.397. The van der Waals surface area contributed by atoms with Crippen molar-refractivity contribution < 1.29 is 8.42 Å². The zero-order valence-corrected chi connectivity index (χ0v) is 13.0. The average Bonchev–Trinajstić information content (AvgIpc) is 3.03. The molecule has 0 aliphatic carbocycles. The number of rotatable bonds is 3. The smallest absolute Gasteiger partial charge is 0.252 e. The molecule has 2 aromatic rings. The van der Waals surface area contributed by atoms with Gasteiger partial charge < -0.3 is 10.6 Å². The Labute approximate surface area is 127 Å². The van der Waals surface area contributed by atoms with E-state index in [1.807, 2.05) is 4.90 Å². The second-order valence-corrected chi connectivity index (χ2v) is 7.85. The molecular weight excluding hydrogens is 308 g/mol. The van der Waals surface area contributed by atoms with E-state index in [1.54, 1.807) is 35.8 Å². The van der Waals surface area contributed by atoms with Gasteiger partial charge in [0.15, 0.2) is 5.82 Å². The van der Waals surface area contributed by atoms with Gasteiger partial charge in [0, 0.05) is 32.4 Å². The van der Waals surface area contributed by atoms with E-state index in [4.69, 9.17) is 5.73 Å². The Morgan fingerprint density at radius 1 is 1.14 bits per heavy atom. The summed E-state index contributed by atoms with van der Waals surface area (Å²) in [4.78, 5) is 6.30. The number of piperazine rings is 1. The van der Waals surface area contributed by atoms with Crippen LogP contribution in [0.3, 0.4) is 0 Å². The molecule has 1 saturated heterocycles. The highest BCUT2D eigenvalue weighted by Crippen LogP contribution is 2.25. The van der Waals surface area contributed by atoms with Crippen LogP contribution in [0.5, 0.6) is 0 Å². The van der Waals surface area contributed by atoms with Gasteiger partial charge in [-0.25, -0.2) is 13.4 Å². The number of nitrogen functional groups attached to an aromatic ring is 1. The third-order valence-corrected chi connectivity index (χ3v) is 6.72. The molecule has 6 nitrogen and oxygen atoms in total. The van der Waals surface area contributed by atoms with E-state index >= 15 is 0 Å². The van der Waals surface area contributed by atoms with Crippen molar-refractivity contribution in [3.8, 4) is 0 Å². The number of anilines is 2. The van der Waals surface area contributed by atoms with Gasteiger partial charge >= 0.3 is 0 Å². The first-order valence-electron chi connectivity index (χ1n) is 6.58. The van der Waals surface area contributed by atoms with E-state index < -0.39 is 10.0 Å². The fraction of sp³-hybridized carbons (Fsp3) is 0.308. The maximum Gasteiger partial charge on any atom is 0.252 e. The van der Waals surface area contributed by atoms with Crippen LogP contribution in [0, 0.1) is 0 Å². The predicted molar refractivity (Wildman–Crippen MR) is 83.9 cm³/mol. The molecule has 2 aromatic heterocycles. The zero-order chi connectivity index (χ0) is 14.9. The van der Waals surface area contributed by atoms with E-state index in [-0.39, 0.29) is 0 Å². The van der Waals surface area contributed by atoms with Crippen LogP contribution < -0.4 is 10.6 Å². The van der Waals surface area contributed by atoms with E-state index in [0.29, 0.717) is 36.1 Å². The number of thiophene rings is 1. The Hall–Kier alpha value is -1.64. The summed E-state index contributed by atoms with van der Waals surface area (Å²) in [5.74, 6) is 0.727. The number of hydrogen-bond acceptors (Lipinski definition) is 6. The first-order valence-corrected chi connectivity index (χ1v) is 8.90. The van der Waals surface area contributed by atoms with Crippen molar-refractivity contribution in [2.45, 2.75) is 4.21 Å². The Morgan fingerprint density at radius 2 is 1.90 bits per heavy atom. The molecule has 0 saturated carbocycles. The maximum absolute atomic E-state index is 12.4. The van der Waals surface area contributed by atoms with Gasteiger partial charge in [-0.1, -0.05) is 6.07 Å². The topological polar surface area (TPSA) is 79.5 Å². The van der Waals surface area contributed by atoms with Crippen LogP contribution >= 0.6 is 11.3 Å². The third kappa shape index (κ3) is 2.74. The summed E-state index contributed by atoms with van der Waals surface area (Å²) < 4.78 is 26.8. The SMILES string of the molecule is Nc1cccnc1N1CCN(S(=O)(=O)c2cccs2)CC1. The van der Waals surface area contributed by atoms with Crippen molar-refractivity contribution in [3.05, 3.63) is 35.8 Å². The summed E-state index contributed by atoms with van der Waals surface area (Å²) in [6.45, 7) is 2.06. The minimum Gasteiger partial charge on any atom is -0.396 e. The Bertz CT molecular complexity index is 708.